The smallest absolute Gasteiger partial charge is 0.281 e. The van der Waals surface area contributed by atoms with Crippen LogP contribution in [0.4, 0.5) is 5.13 Å². The molecule has 1 aromatic heterocycles. The number of hydrogen-bond acceptors (Lipinski definition) is 3. The van der Waals surface area contributed by atoms with Gasteiger partial charge in [-0.3, -0.25) is 10.1 Å². The molecule has 0 saturated carbocycles. The van der Waals surface area contributed by atoms with Gasteiger partial charge < -0.3 is 10.2 Å². The largest absolute Gasteiger partial charge is 0.338 e. The van der Waals surface area contributed by atoms with E-state index in [1.807, 2.05) is 6.92 Å². The molecule has 1 rings (SSSR count). The summed E-state index contributed by atoms with van der Waals surface area (Å²) in [5.74, 6) is 0.0320. The molecule has 19 heavy (non-hydrogen) atoms. The van der Waals surface area contributed by atoms with Gasteiger partial charge in [-0.05, 0) is 20.8 Å². The van der Waals surface area contributed by atoms with Crippen molar-refractivity contribution in [3.05, 3.63) is 11.1 Å². The quantitative estimate of drug-likeness (QED) is 0.524. The first kappa shape index (κ1) is 16.1. The Morgan fingerprint density at radius 1 is 1.47 bits per heavy atom. The number of aromatic nitrogens is 1. The molecule has 4 N–H and O–H groups in total. The van der Waals surface area contributed by atoms with Crippen molar-refractivity contribution in [2.75, 3.05) is 38.0 Å². The summed E-state index contributed by atoms with van der Waals surface area (Å²) in [5.41, 5.74) is 0. The minimum Gasteiger partial charge on any atom is -0.338 e. The van der Waals surface area contributed by atoms with E-state index >= 15 is 0 Å². The Kier molecular flexibility index (Phi) is 7.62. The van der Waals surface area contributed by atoms with E-state index in [-0.39, 0.29) is 5.91 Å². The molecule has 0 saturated heterocycles. The van der Waals surface area contributed by atoms with Crippen LogP contribution in [0.1, 0.15) is 25.1 Å². The Morgan fingerprint density at radius 2 is 2.21 bits per heavy atom. The molecule has 5 nitrogen and oxygen atoms in total. The lowest BCUT2D eigenvalue weighted by Crippen LogP contribution is -3.11. The number of anilines is 1. The second kappa shape index (κ2) is 9.01. The van der Waals surface area contributed by atoms with Gasteiger partial charge in [0.25, 0.3) is 5.91 Å². The van der Waals surface area contributed by atoms with Gasteiger partial charge in [-0.15, -0.1) is 11.3 Å². The lowest BCUT2D eigenvalue weighted by molar-refractivity contribution is -0.898. The SMILES string of the molecule is CC[NH+](CC)CCC[NH2+]CC(=O)Nc1ncc(C)s1. The average molecular weight is 286 g/mol. The Labute approximate surface area is 119 Å². The topological polar surface area (TPSA) is 63.0 Å². The summed E-state index contributed by atoms with van der Waals surface area (Å²) in [6.07, 6.45) is 2.93. The van der Waals surface area contributed by atoms with Crippen molar-refractivity contribution < 1.29 is 15.0 Å². The van der Waals surface area contributed by atoms with Crippen LogP contribution in [0.5, 0.6) is 0 Å². The zero-order valence-corrected chi connectivity index (χ0v) is 13.0. The molecule has 0 fully saturated rings. The summed E-state index contributed by atoms with van der Waals surface area (Å²) in [5, 5.41) is 5.58. The van der Waals surface area contributed by atoms with E-state index in [1.165, 1.54) is 31.0 Å². The number of nitrogens with one attached hydrogen (secondary N) is 2. The first-order valence-corrected chi connectivity index (χ1v) is 7.84. The molecule has 0 atom stereocenters. The minimum absolute atomic E-state index is 0.0320. The third kappa shape index (κ3) is 6.66. The summed E-state index contributed by atoms with van der Waals surface area (Å²) in [6, 6.07) is 0. The Hall–Kier alpha value is -0.980. The zero-order chi connectivity index (χ0) is 14.1. The number of hydrogen-bond donors (Lipinski definition) is 3. The normalized spacial score (nSPS) is 10.9. The van der Waals surface area contributed by atoms with Gasteiger partial charge in [0, 0.05) is 17.5 Å². The van der Waals surface area contributed by atoms with Crippen LogP contribution in [0.3, 0.4) is 0 Å². The summed E-state index contributed by atoms with van der Waals surface area (Å²) in [4.78, 5) is 18.5. The van der Waals surface area contributed by atoms with Crippen LogP contribution in [0.15, 0.2) is 6.20 Å². The maximum absolute atomic E-state index is 11.7. The fraction of sp³-hybridized carbons (Fsp3) is 0.692. The highest BCUT2D eigenvalue weighted by molar-refractivity contribution is 7.15. The highest BCUT2D eigenvalue weighted by Gasteiger charge is 2.07. The highest BCUT2D eigenvalue weighted by atomic mass is 32.1. The van der Waals surface area contributed by atoms with Crippen molar-refractivity contribution in [1.82, 2.24) is 4.98 Å². The van der Waals surface area contributed by atoms with E-state index < -0.39 is 0 Å². The highest BCUT2D eigenvalue weighted by Crippen LogP contribution is 2.15. The minimum atomic E-state index is 0.0320. The number of nitrogens with two attached hydrogens (primary N) is 1. The van der Waals surface area contributed by atoms with Crippen LogP contribution >= 0.6 is 11.3 Å². The van der Waals surface area contributed by atoms with Crippen LogP contribution in [0.25, 0.3) is 0 Å². The van der Waals surface area contributed by atoms with Gasteiger partial charge in [-0.2, -0.15) is 0 Å². The van der Waals surface area contributed by atoms with Crippen molar-refractivity contribution in [3.8, 4) is 0 Å². The number of amides is 1. The zero-order valence-electron chi connectivity index (χ0n) is 12.2. The van der Waals surface area contributed by atoms with Crippen molar-refractivity contribution in [2.45, 2.75) is 27.2 Å². The van der Waals surface area contributed by atoms with Gasteiger partial charge >= 0.3 is 0 Å². The average Bonchev–Trinajstić information content (AvgIpc) is 2.79. The van der Waals surface area contributed by atoms with Crippen molar-refractivity contribution >= 4 is 22.4 Å². The first-order chi connectivity index (χ1) is 9.15. The molecule has 1 heterocycles. The van der Waals surface area contributed by atoms with Crippen LogP contribution in [0.2, 0.25) is 0 Å². The molecule has 1 aromatic rings. The first-order valence-electron chi connectivity index (χ1n) is 7.03. The predicted molar refractivity (Wildman–Crippen MR) is 78.7 cm³/mol. The Bertz CT molecular complexity index is 376. The monoisotopic (exact) mass is 286 g/mol. The fourth-order valence-electron chi connectivity index (χ4n) is 1.92. The molecule has 0 aliphatic heterocycles. The third-order valence-electron chi connectivity index (χ3n) is 3.14. The standard InChI is InChI=1S/C13H24N4OS/c1-4-17(5-2)8-6-7-14-10-12(18)16-13-15-9-11(3)19-13/h9,14H,4-8,10H2,1-3H3,(H,15,16,18)/p+2. The van der Waals surface area contributed by atoms with E-state index in [0.29, 0.717) is 11.7 Å². The fourth-order valence-corrected chi connectivity index (χ4v) is 2.60. The van der Waals surface area contributed by atoms with E-state index in [0.717, 1.165) is 17.8 Å². The Morgan fingerprint density at radius 3 is 2.79 bits per heavy atom. The lowest BCUT2D eigenvalue weighted by atomic mass is 10.3. The number of quaternary nitrogens is 2. The van der Waals surface area contributed by atoms with Crippen LogP contribution in [0, 0.1) is 6.92 Å². The number of carbonyl (C=O) groups is 1. The second-order valence-electron chi connectivity index (χ2n) is 4.67. The predicted octanol–water partition coefficient (Wildman–Crippen LogP) is -0.732. The maximum Gasteiger partial charge on any atom is 0.281 e. The summed E-state index contributed by atoms with van der Waals surface area (Å²) in [6.45, 7) is 11.4. The molecule has 1 amide bonds. The van der Waals surface area contributed by atoms with Gasteiger partial charge in [0.05, 0.1) is 26.2 Å². The molecule has 0 radical (unpaired) electrons. The molecular weight excluding hydrogens is 260 g/mol. The molecular formula is C13H26N4OS+2. The van der Waals surface area contributed by atoms with Crippen LogP contribution < -0.4 is 15.5 Å². The van der Waals surface area contributed by atoms with Crippen molar-refractivity contribution in [3.63, 3.8) is 0 Å². The maximum atomic E-state index is 11.7. The number of aryl methyl sites for hydroxylation is 1. The number of carbonyl (C=O) groups excluding carboxylic acids is 1. The molecule has 0 bridgehead atoms. The van der Waals surface area contributed by atoms with Crippen molar-refractivity contribution in [1.29, 1.82) is 0 Å². The lowest BCUT2D eigenvalue weighted by Gasteiger charge is -2.14. The molecule has 0 aromatic carbocycles. The molecule has 0 spiro atoms. The number of rotatable bonds is 9. The molecule has 108 valence electrons. The molecule has 0 aliphatic carbocycles. The molecule has 0 aliphatic rings. The molecule has 0 unspecified atom stereocenters. The van der Waals surface area contributed by atoms with Gasteiger partial charge in [0.2, 0.25) is 0 Å². The van der Waals surface area contributed by atoms with Gasteiger partial charge in [-0.1, -0.05) is 0 Å². The molecule has 6 heteroatoms. The van der Waals surface area contributed by atoms with Gasteiger partial charge in [0.1, 0.15) is 0 Å². The van der Waals surface area contributed by atoms with Crippen LogP contribution in [-0.4, -0.2) is 43.6 Å². The Balaban J connectivity index is 2.07. The number of thiazole rings is 1. The van der Waals surface area contributed by atoms with E-state index in [1.54, 1.807) is 11.1 Å². The summed E-state index contributed by atoms with van der Waals surface area (Å²) < 4.78 is 0. The van der Waals surface area contributed by atoms with Crippen molar-refractivity contribution in [2.24, 2.45) is 0 Å². The summed E-state index contributed by atoms with van der Waals surface area (Å²) >= 11 is 1.51. The summed E-state index contributed by atoms with van der Waals surface area (Å²) in [7, 11) is 0. The third-order valence-corrected chi connectivity index (χ3v) is 3.96. The van der Waals surface area contributed by atoms with Gasteiger partial charge in [-0.25, -0.2) is 4.98 Å². The van der Waals surface area contributed by atoms with Crippen LogP contribution in [-0.2, 0) is 4.79 Å². The van der Waals surface area contributed by atoms with E-state index in [2.05, 4.69) is 29.5 Å². The van der Waals surface area contributed by atoms with E-state index in [9.17, 15) is 4.79 Å². The van der Waals surface area contributed by atoms with E-state index in [4.69, 9.17) is 0 Å². The second-order valence-corrected chi connectivity index (χ2v) is 5.90. The van der Waals surface area contributed by atoms with Gasteiger partial charge in [0.15, 0.2) is 11.7 Å². The number of nitrogens with zero attached hydrogens (tertiary/aromatic N) is 1.